The summed E-state index contributed by atoms with van der Waals surface area (Å²) in [6.07, 6.45) is 11.5. The first-order valence-electron chi connectivity index (χ1n) is 17.0. The summed E-state index contributed by atoms with van der Waals surface area (Å²) in [5.41, 5.74) is 4.38. The summed E-state index contributed by atoms with van der Waals surface area (Å²) in [6, 6.07) is 18.9. The van der Waals surface area contributed by atoms with Crippen LogP contribution in [0.3, 0.4) is 0 Å². The van der Waals surface area contributed by atoms with Gasteiger partial charge in [0.1, 0.15) is 33.9 Å². The average molecular weight is 673 g/mol. The van der Waals surface area contributed by atoms with Crippen molar-refractivity contribution in [3.8, 4) is 46.7 Å². The van der Waals surface area contributed by atoms with E-state index in [1.807, 2.05) is 60.7 Å². The summed E-state index contributed by atoms with van der Waals surface area (Å²) in [7, 11) is 2.13. The number of piperidine rings is 2. The zero-order valence-electron chi connectivity index (χ0n) is 27.8. The van der Waals surface area contributed by atoms with E-state index in [2.05, 4.69) is 81.2 Å². The summed E-state index contributed by atoms with van der Waals surface area (Å²) in [5.74, 6) is 15.9. The van der Waals surface area contributed by atoms with Crippen LogP contribution in [0.25, 0.3) is 23.0 Å². The van der Waals surface area contributed by atoms with E-state index in [0.717, 1.165) is 54.3 Å². The molecule has 2 aliphatic heterocycles. The van der Waals surface area contributed by atoms with Gasteiger partial charge in [0, 0.05) is 35.9 Å². The molecule has 4 fully saturated rings. The quantitative estimate of drug-likeness (QED) is 0.261. The van der Waals surface area contributed by atoms with Crippen LogP contribution in [0.5, 0.6) is 0 Å². The Morgan fingerprint density at radius 3 is 1.78 bits per heavy atom. The van der Waals surface area contributed by atoms with E-state index in [4.69, 9.17) is 9.05 Å². The standard InChI is InChI=1S/C20H17N5O.C19H15N5O/c1-25-11-9-15-12-20(15,25)19-23-18(24-26-19)17-8-6-14(13-22-17)5-7-16-4-2-3-10-21-16;1-2-9-20-15(3-1)6-4-13-5-7-16(21-12-13)17-23-18(25-24-17)19-11-14(19)8-10-22-19/h2-4,6,8,10,13,15H,9,11-12H2,1H3;1-3,5,7,9,12,14,22H,8,10-11H2/t15-,20+;14-,19+/m11/s1. The largest absolute Gasteiger partial charge is 0.337 e. The maximum absolute atomic E-state index is 5.57. The predicted molar refractivity (Wildman–Crippen MR) is 185 cm³/mol. The maximum Gasteiger partial charge on any atom is 0.247 e. The highest BCUT2D eigenvalue weighted by Gasteiger charge is 2.65. The van der Waals surface area contributed by atoms with Crippen LogP contribution < -0.4 is 5.32 Å². The molecule has 51 heavy (non-hydrogen) atoms. The van der Waals surface area contributed by atoms with Crippen LogP contribution in [0, 0.1) is 35.5 Å². The Hall–Kier alpha value is -6.08. The number of aromatic nitrogens is 8. The van der Waals surface area contributed by atoms with E-state index in [1.54, 1.807) is 24.8 Å². The highest BCUT2D eigenvalue weighted by molar-refractivity contribution is 5.52. The first kappa shape index (κ1) is 30.9. The van der Waals surface area contributed by atoms with Crippen LogP contribution in [0.4, 0.5) is 0 Å². The molecule has 250 valence electrons. The molecule has 0 bridgehead atoms. The molecule has 4 aliphatic rings. The second-order valence-electron chi connectivity index (χ2n) is 13.3. The van der Waals surface area contributed by atoms with Gasteiger partial charge in [-0.3, -0.25) is 14.9 Å². The van der Waals surface area contributed by atoms with E-state index >= 15 is 0 Å². The second-order valence-corrected chi connectivity index (χ2v) is 13.3. The molecular formula is C39H32N10O2. The van der Waals surface area contributed by atoms with Crippen molar-refractivity contribution in [3.63, 3.8) is 0 Å². The van der Waals surface area contributed by atoms with Gasteiger partial charge in [-0.25, -0.2) is 9.97 Å². The minimum Gasteiger partial charge on any atom is -0.337 e. The van der Waals surface area contributed by atoms with Crippen molar-refractivity contribution in [1.29, 1.82) is 0 Å². The monoisotopic (exact) mass is 672 g/mol. The first-order chi connectivity index (χ1) is 25.1. The van der Waals surface area contributed by atoms with E-state index in [9.17, 15) is 0 Å². The number of nitrogens with one attached hydrogen (secondary N) is 1. The van der Waals surface area contributed by atoms with Crippen LogP contribution >= 0.6 is 0 Å². The Morgan fingerprint density at radius 1 is 0.686 bits per heavy atom. The Morgan fingerprint density at radius 2 is 1.31 bits per heavy atom. The number of likely N-dealkylation sites (tertiary alicyclic amines) is 1. The predicted octanol–water partition coefficient (Wildman–Crippen LogP) is 4.61. The Labute approximate surface area is 294 Å². The molecule has 0 amide bonds. The lowest BCUT2D eigenvalue weighted by Gasteiger charge is -2.19. The smallest absolute Gasteiger partial charge is 0.247 e. The number of pyridine rings is 4. The summed E-state index contributed by atoms with van der Waals surface area (Å²) in [5, 5.41) is 11.7. The van der Waals surface area contributed by atoms with Gasteiger partial charge in [0.05, 0.1) is 0 Å². The van der Waals surface area contributed by atoms with Gasteiger partial charge in [0.2, 0.25) is 23.4 Å². The fraction of sp³-hybridized carbons (Fsp3) is 0.282. The first-order valence-corrected chi connectivity index (χ1v) is 17.0. The van der Waals surface area contributed by atoms with Crippen molar-refractivity contribution in [3.05, 3.63) is 120 Å². The molecule has 2 saturated carbocycles. The van der Waals surface area contributed by atoms with Crippen LogP contribution in [0.1, 0.15) is 60.0 Å². The molecule has 12 nitrogen and oxygen atoms in total. The number of hydrogen-bond donors (Lipinski definition) is 1. The number of hydrogen-bond acceptors (Lipinski definition) is 12. The van der Waals surface area contributed by atoms with Crippen LogP contribution in [0.15, 0.2) is 94.5 Å². The minimum atomic E-state index is -0.0701. The van der Waals surface area contributed by atoms with E-state index in [1.165, 1.54) is 12.8 Å². The number of fused-ring (bicyclic) bond motifs is 2. The summed E-state index contributed by atoms with van der Waals surface area (Å²) in [6.45, 7) is 2.11. The molecule has 2 aliphatic carbocycles. The molecule has 0 spiro atoms. The zero-order chi connectivity index (χ0) is 34.3. The van der Waals surface area contributed by atoms with E-state index < -0.39 is 0 Å². The van der Waals surface area contributed by atoms with Crippen LogP contribution in [-0.2, 0) is 11.1 Å². The van der Waals surface area contributed by atoms with Gasteiger partial charge in [0.15, 0.2) is 0 Å². The highest BCUT2D eigenvalue weighted by atomic mass is 16.5. The van der Waals surface area contributed by atoms with Gasteiger partial charge in [0.25, 0.3) is 0 Å². The van der Waals surface area contributed by atoms with Gasteiger partial charge in [-0.1, -0.05) is 34.3 Å². The van der Waals surface area contributed by atoms with Gasteiger partial charge in [-0.2, -0.15) is 9.97 Å². The van der Waals surface area contributed by atoms with Crippen molar-refractivity contribution >= 4 is 0 Å². The molecule has 6 aromatic heterocycles. The Balaban J connectivity index is 0.000000137. The van der Waals surface area contributed by atoms with Gasteiger partial charge >= 0.3 is 0 Å². The lowest BCUT2D eigenvalue weighted by molar-refractivity contribution is 0.202. The third-order valence-corrected chi connectivity index (χ3v) is 10.2. The van der Waals surface area contributed by atoms with Crippen LogP contribution in [-0.4, -0.2) is 65.3 Å². The molecule has 2 saturated heterocycles. The molecule has 1 N–H and O–H groups in total. The molecule has 4 atom stereocenters. The average Bonchev–Trinajstić information content (AvgIpc) is 3.64. The molecule has 8 heterocycles. The number of nitrogens with zero attached hydrogens (tertiary/aromatic N) is 9. The van der Waals surface area contributed by atoms with Gasteiger partial charge < -0.3 is 14.4 Å². The summed E-state index contributed by atoms with van der Waals surface area (Å²) >= 11 is 0. The fourth-order valence-corrected chi connectivity index (χ4v) is 7.16. The van der Waals surface area contributed by atoms with Crippen molar-refractivity contribution in [2.75, 3.05) is 20.1 Å². The van der Waals surface area contributed by atoms with Gasteiger partial charge in [-0.15, -0.1) is 0 Å². The van der Waals surface area contributed by atoms with Gasteiger partial charge in [-0.05, 0) is 118 Å². The van der Waals surface area contributed by atoms with Crippen molar-refractivity contribution in [2.45, 2.75) is 36.8 Å². The van der Waals surface area contributed by atoms with Crippen LogP contribution in [0.2, 0.25) is 0 Å². The molecule has 12 heteroatoms. The van der Waals surface area contributed by atoms with Crippen molar-refractivity contribution in [2.24, 2.45) is 11.8 Å². The zero-order valence-corrected chi connectivity index (χ0v) is 27.8. The molecule has 6 aromatic rings. The fourth-order valence-electron chi connectivity index (χ4n) is 7.16. The maximum atomic E-state index is 5.57. The Kier molecular flexibility index (Phi) is 7.68. The summed E-state index contributed by atoms with van der Waals surface area (Å²) < 4.78 is 11.1. The highest BCUT2D eigenvalue weighted by Crippen LogP contribution is 2.61. The molecular weight excluding hydrogens is 640 g/mol. The van der Waals surface area contributed by atoms with E-state index in [-0.39, 0.29) is 11.1 Å². The third-order valence-electron chi connectivity index (χ3n) is 10.2. The number of rotatable bonds is 4. The molecule has 0 unspecified atom stereocenters. The van der Waals surface area contributed by atoms with Crippen molar-refractivity contribution < 1.29 is 9.05 Å². The molecule has 0 aromatic carbocycles. The minimum absolute atomic E-state index is 0.0284. The molecule has 10 rings (SSSR count). The summed E-state index contributed by atoms with van der Waals surface area (Å²) in [4.78, 5) is 28.7. The van der Waals surface area contributed by atoms with E-state index in [0.29, 0.717) is 40.8 Å². The topological polar surface area (TPSA) is 145 Å². The Bertz CT molecular complexity index is 2300. The second kappa shape index (κ2) is 12.7. The lowest BCUT2D eigenvalue weighted by Crippen LogP contribution is -2.28. The van der Waals surface area contributed by atoms with Crippen molar-refractivity contribution in [1.82, 2.24) is 50.4 Å². The molecule has 0 radical (unpaired) electrons. The third kappa shape index (κ3) is 5.95. The normalized spacial score (nSPS) is 23.8. The SMILES string of the molecule is C(#Cc1ccccn1)c1ccc(-c2noc([C@]34C[C@H]3CCN4)n2)nc1.CN1CC[C@@H]2C[C@@]21c1nc(-c2ccc(C#Cc3ccccn3)cn2)no1. The lowest BCUT2D eigenvalue weighted by atomic mass is 10.2.